The Bertz CT molecular complexity index is 1400. The number of hydrogen-bond acceptors (Lipinski definition) is 7. The first-order chi connectivity index (χ1) is 17.7. The Hall–Kier alpha value is -2.49. The molecule has 2 aromatic carbocycles. The van der Waals surface area contributed by atoms with E-state index in [1.165, 1.54) is 11.8 Å². The first kappa shape index (κ1) is 26.1. The Morgan fingerprint density at radius 2 is 2.05 bits per heavy atom. The molecule has 7 nitrogen and oxygen atoms in total. The third-order valence-electron chi connectivity index (χ3n) is 6.48. The van der Waals surface area contributed by atoms with Gasteiger partial charge in [0.25, 0.3) is 0 Å². The summed E-state index contributed by atoms with van der Waals surface area (Å²) in [5.41, 5.74) is 3.36. The molecule has 0 fully saturated rings. The second-order valence-electron chi connectivity index (χ2n) is 9.87. The molecule has 0 bridgehead atoms. The molecule has 2 heterocycles. The Labute approximate surface area is 234 Å². The number of benzene rings is 2. The maximum Gasteiger partial charge on any atom is 0.227 e. The van der Waals surface area contributed by atoms with Gasteiger partial charge in [-0.15, -0.1) is 5.10 Å². The number of carbonyl (C=O) groups is 1. The molecular formula is C27H28BrClN4O3S. The summed E-state index contributed by atoms with van der Waals surface area (Å²) in [6.07, 6.45) is 1.22. The average Bonchev–Trinajstić information content (AvgIpc) is 3.24. The monoisotopic (exact) mass is 602 g/mol. The van der Waals surface area contributed by atoms with Gasteiger partial charge in [0, 0.05) is 28.5 Å². The van der Waals surface area contributed by atoms with Gasteiger partial charge in [0.2, 0.25) is 11.1 Å². The lowest BCUT2D eigenvalue weighted by atomic mass is 9.73. The minimum atomic E-state index is -0.446. The molecule has 1 aromatic heterocycles. The normalized spacial score (nSPS) is 18.2. The zero-order chi connectivity index (χ0) is 26.3. The van der Waals surface area contributed by atoms with Crippen LogP contribution in [0.4, 0.5) is 5.95 Å². The molecule has 37 heavy (non-hydrogen) atoms. The number of aromatic nitrogens is 3. The number of fused-ring (bicyclic) bond motifs is 1. The summed E-state index contributed by atoms with van der Waals surface area (Å²) in [7, 11) is 1.61. The van der Waals surface area contributed by atoms with Crippen molar-refractivity contribution in [3.63, 3.8) is 0 Å². The molecule has 1 aliphatic heterocycles. The molecule has 194 valence electrons. The van der Waals surface area contributed by atoms with Crippen LogP contribution in [0.25, 0.3) is 0 Å². The van der Waals surface area contributed by atoms with Crippen molar-refractivity contribution < 1.29 is 14.3 Å². The number of halogens is 2. The molecule has 5 rings (SSSR count). The summed E-state index contributed by atoms with van der Waals surface area (Å²) in [6.45, 7) is 6.65. The summed E-state index contributed by atoms with van der Waals surface area (Å²) >= 11 is 11.5. The zero-order valence-electron chi connectivity index (χ0n) is 21.1. The van der Waals surface area contributed by atoms with Crippen LogP contribution >= 0.6 is 39.3 Å². The molecule has 2 aliphatic rings. The number of thioether (sulfide) groups is 1. The average molecular weight is 604 g/mol. The van der Waals surface area contributed by atoms with E-state index in [-0.39, 0.29) is 11.2 Å². The molecule has 10 heteroatoms. The third kappa shape index (κ3) is 5.13. The SMILES string of the molecule is CCOc1cc(C2C3=C(CC(C)(C)CC3=O)Nc3nc(SCc4ccccc4Cl)nn32)cc(Br)c1OC. The minimum Gasteiger partial charge on any atom is -0.492 e. The van der Waals surface area contributed by atoms with Gasteiger partial charge in [-0.05, 0) is 64.0 Å². The van der Waals surface area contributed by atoms with E-state index in [0.717, 1.165) is 33.3 Å². The van der Waals surface area contributed by atoms with Gasteiger partial charge in [-0.3, -0.25) is 4.79 Å². The van der Waals surface area contributed by atoms with Crippen LogP contribution < -0.4 is 14.8 Å². The molecule has 1 aliphatic carbocycles. The quantitative estimate of drug-likeness (QED) is 0.290. The summed E-state index contributed by atoms with van der Waals surface area (Å²) in [4.78, 5) is 18.4. The highest BCUT2D eigenvalue weighted by molar-refractivity contribution is 9.10. The first-order valence-electron chi connectivity index (χ1n) is 12.1. The van der Waals surface area contributed by atoms with Crippen molar-refractivity contribution in [3.8, 4) is 11.5 Å². The zero-order valence-corrected chi connectivity index (χ0v) is 24.3. The molecule has 0 amide bonds. The van der Waals surface area contributed by atoms with E-state index in [2.05, 4.69) is 35.1 Å². The number of hydrogen-bond donors (Lipinski definition) is 1. The summed E-state index contributed by atoms with van der Waals surface area (Å²) in [5.74, 6) is 2.57. The lowest BCUT2D eigenvalue weighted by Gasteiger charge is -2.38. The van der Waals surface area contributed by atoms with Crippen molar-refractivity contribution in [1.82, 2.24) is 14.8 Å². The van der Waals surface area contributed by atoms with Gasteiger partial charge in [0.15, 0.2) is 17.3 Å². The van der Waals surface area contributed by atoms with Crippen LogP contribution in [0.1, 0.15) is 50.8 Å². The number of carbonyl (C=O) groups excluding carboxylic acids is 1. The summed E-state index contributed by atoms with van der Waals surface area (Å²) < 4.78 is 14.0. The van der Waals surface area contributed by atoms with Crippen LogP contribution in [-0.2, 0) is 10.5 Å². The van der Waals surface area contributed by atoms with E-state index in [1.54, 1.807) is 7.11 Å². The third-order valence-corrected chi connectivity index (χ3v) is 8.32. The van der Waals surface area contributed by atoms with Gasteiger partial charge in [0.1, 0.15) is 6.04 Å². The van der Waals surface area contributed by atoms with E-state index in [4.69, 9.17) is 31.2 Å². The molecule has 0 saturated heterocycles. The summed E-state index contributed by atoms with van der Waals surface area (Å²) in [6, 6.07) is 11.2. The van der Waals surface area contributed by atoms with E-state index in [1.807, 2.05) is 48.0 Å². The molecule has 0 saturated carbocycles. The Kier molecular flexibility index (Phi) is 7.31. The fourth-order valence-electron chi connectivity index (χ4n) is 4.92. The largest absolute Gasteiger partial charge is 0.492 e. The number of methoxy groups -OCH3 is 1. The van der Waals surface area contributed by atoms with Crippen LogP contribution in [0.2, 0.25) is 5.02 Å². The number of ketones is 1. The van der Waals surface area contributed by atoms with Gasteiger partial charge in [0.05, 0.1) is 18.2 Å². The molecule has 1 atom stereocenters. The van der Waals surface area contributed by atoms with E-state index >= 15 is 0 Å². The van der Waals surface area contributed by atoms with Gasteiger partial charge >= 0.3 is 0 Å². The second kappa shape index (κ2) is 10.3. The standard InChI is InChI=1S/C27H28BrClN4O3S/c1-5-36-21-11-16(10-17(28)24(21)35-4)23-22-19(12-27(2,3)13-20(22)34)30-25-31-26(32-33(23)25)37-14-15-8-6-7-9-18(15)29/h6-11,23H,5,12-14H2,1-4H3,(H,30,31,32). The first-order valence-corrected chi connectivity index (χ1v) is 14.2. The smallest absolute Gasteiger partial charge is 0.227 e. The summed E-state index contributed by atoms with van der Waals surface area (Å²) in [5, 5.41) is 9.61. The van der Waals surface area contributed by atoms with Crippen molar-refractivity contribution in [1.29, 1.82) is 0 Å². The molecule has 1 N–H and O–H groups in total. The number of nitrogens with zero attached hydrogens (tertiary/aromatic N) is 3. The van der Waals surface area contributed by atoms with Crippen molar-refractivity contribution >= 4 is 51.0 Å². The van der Waals surface area contributed by atoms with Gasteiger partial charge in [-0.1, -0.05) is 55.4 Å². The van der Waals surface area contributed by atoms with E-state index in [0.29, 0.717) is 46.4 Å². The van der Waals surface area contributed by atoms with Gasteiger partial charge in [-0.2, -0.15) is 4.98 Å². The number of Topliss-reactive ketones (excluding diaryl/α,β-unsaturated/α-hetero) is 1. The Balaban J connectivity index is 1.59. The van der Waals surface area contributed by atoms with Crippen molar-refractivity contribution in [2.75, 3.05) is 19.0 Å². The van der Waals surface area contributed by atoms with Crippen molar-refractivity contribution in [3.05, 3.63) is 68.3 Å². The molecule has 0 radical (unpaired) electrons. The minimum absolute atomic E-state index is 0.111. The molecular weight excluding hydrogens is 576 g/mol. The highest BCUT2D eigenvalue weighted by Gasteiger charge is 2.42. The second-order valence-corrected chi connectivity index (χ2v) is 12.1. The van der Waals surface area contributed by atoms with Crippen molar-refractivity contribution in [2.24, 2.45) is 5.41 Å². The number of rotatable bonds is 7. The van der Waals surface area contributed by atoms with E-state index < -0.39 is 6.04 Å². The lowest BCUT2D eigenvalue weighted by Crippen LogP contribution is -2.36. The highest BCUT2D eigenvalue weighted by Crippen LogP contribution is 2.48. The molecule has 1 unspecified atom stereocenters. The van der Waals surface area contributed by atoms with E-state index in [9.17, 15) is 4.79 Å². The molecule has 0 spiro atoms. The van der Waals surface area contributed by atoms with Crippen LogP contribution in [0, 0.1) is 5.41 Å². The number of allylic oxidation sites excluding steroid dienone is 2. The predicted molar refractivity (Wildman–Crippen MR) is 150 cm³/mol. The van der Waals surface area contributed by atoms with Crippen LogP contribution in [-0.4, -0.2) is 34.3 Å². The topological polar surface area (TPSA) is 78.3 Å². The number of nitrogens with one attached hydrogen (secondary N) is 1. The maximum atomic E-state index is 13.6. The lowest BCUT2D eigenvalue weighted by molar-refractivity contribution is -0.118. The van der Waals surface area contributed by atoms with Gasteiger partial charge < -0.3 is 14.8 Å². The maximum absolute atomic E-state index is 13.6. The fraction of sp³-hybridized carbons (Fsp3) is 0.370. The fourth-order valence-corrected chi connectivity index (χ4v) is 6.66. The van der Waals surface area contributed by atoms with Crippen LogP contribution in [0.5, 0.6) is 11.5 Å². The predicted octanol–water partition coefficient (Wildman–Crippen LogP) is 7.05. The Morgan fingerprint density at radius 1 is 1.27 bits per heavy atom. The Morgan fingerprint density at radius 3 is 2.78 bits per heavy atom. The van der Waals surface area contributed by atoms with Crippen LogP contribution in [0.3, 0.4) is 0 Å². The van der Waals surface area contributed by atoms with Gasteiger partial charge in [-0.25, -0.2) is 4.68 Å². The molecule has 3 aromatic rings. The number of ether oxygens (including phenoxy) is 2. The van der Waals surface area contributed by atoms with Crippen LogP contribution in [0.15, 0.2) is 57.3 Å². The number of anilines is 1. The van der Waals surface area contributed by atoms with Crippen molar-refractivity contribution in [2.45, 2.75) is 50.6 Å². The highest BCUT2D eigenvalue weighted by atomic mass is 79.9.